The van der Waals surface area contributed by atoms with E-state index < -0.39 is 18.1 Å². The Hall–Kier alpha value is -1.79. The first-order chi connectivity index (χ1) is 10.0. The zero-order chi connectivity index (χ0) is 15.0. The second-order valence-corrected chi connectivity index (χ2v) is 5.55. The summed E-state index contributed by atoms with van der Waals surface area (Å²) in [6.45, 7) is 0.898. The van der Waals surface area contributed by atoms with Crippen molar-refractivity contribution in [1.82, 2.24) is 4.90 Å². The van der Waals surface area contributed by atoms with Gasteiger partial charge < -0.3 is 20.1 Å². The van der Waals surface area contributed by atoms with E-state index in [1.54, 1.807) is 23.1 Å². The van der Waals surface area contributed by atoms with Crippen molar-refractivity contribution in [2.24, 2.45) is 5.73 Å². The van der Waals surface area contributed by atoms with Gasteiger partial charge in [-0.15, -0.1) is 0 Å². The minimum Gasteiger partial charge on any atom is -0.480 e. The highest BCUT2D eigenvalue weighted by molar-refractivity contribution is 6.30. The van der Waals surface area contributed by atoms with E-state index in [9.17, 15) is 9.59 Å². The Morgan fingerprint density at radius 1 is 1.33 bits per heavy atom. The monoisotopic (exact) mass is 310 g/mol. The van der Waals surface area contributed by atoms with Crippen LogP contribution in [0.5, 0.6) is 5.75 Å². The summed E-state index contributed by atoms with van der Waals surface area (Å²) in [6.07, 6.45) is -0.848. The smallest absolute Gasteiger partial charge is 0.264 e. The van der Waals surface area contributed by atoms with Crippen molar-refractivity contribution in [3.8, 4) is 5.75 Å². The van der Waals surface area contributed by atoms with E-state index in [1.165, 1.54) is 0 Å². The number of primary amides is 1. The van der Waals surface area contributed by atoms with Gasteiger partial charge >= 0.3 is 0 Å². The highest BCUT2D eigenvalue weighted by Gasteiger charge is 2.36. The molecular formula is C14H15ClN2O4. The molecule has 2 heterocycles. The number of hydrogen-bond donors (Lipinski definition) is 1. The van der Waals surface area contributed by atoms with Crippen LogP contribution in [-0.2, 0) is 20.7 Å². The number of carbonyl (C=O) groups is 2. The summed E-state index contributed by atoms with van der Waals surface area (Å²) >= 11 is 5.93. The van der Waals surface area contributed by atoms with E-state index in [0.29, 0.717) is 30.3 Å². The number of hydrogen-bond acceptors (Lipinski definition) is 4. The number of amides is 2. The van der Waals surface area contributed by atoms with Gasteiger partial charge in [-0.05, 0) is 23.8 Å². The quantitative estimate of drug-likeness (QED) is 0.855. The van der Waals surface area contributed by atoms with Gasteiger partial charge in [0.25, 0.3) is 5.91 Å². The number of morpholine rings is 1. The molecule has 21 heavy (non-hydrogen) atoms. The normalized spacial score (nSPS) is 24.3. The summed E-state index contributed by atoms with van der Waals surface area (Å²) in [5, 5.41) is 0.616. The topological polar surface area (TPSA) is 81.9 Å². The molecule has 0 radical (unpaired) electrons. The van der Waals surface area contributed by atoms with Gasteiger partial charge in [0.15, 0.2) is 12.2 Å². The Labute approximate surface area is 126 Å². The zero-order valence-corrected chi connectivity index (χ0v) is 12.0. The van der Waals surface area contributed by atoms with Crippen LogP contribution in [0.15, 0.2) is 18.2 Å². The van der Waals surface area contributed by atoms with Gasteiger partial charge in [0.1, 0.15) is 5.75 Å². The summed E-state index contributed by atoms with van der Waals surface area (Å²) in [5.74, 6) is -0.0377. The lowest BCUT2D eigenvalue weighted by atomic mass is 10.1. The standard InChI is InChI=1S/C14H15ClN2O4/c15-9-1-2-10-8(5-9)6-11(21-10)14(19)17-3-4-20-12(7-17)13(16)18/h1-2,5,11-12H,3-4,6-7H2,(H2,16,18). The van der Waals surface area contributed by atoms with Crippen LogP contribution in [0.2, 0.25) is 5.02 Å². The SMILES string of the molecule is NC(=O)C1CN(C(=O)C2Cc3cc(Cl)ccc3O2)CCO1. The number of halogens is 1. The molecule has 0 saturated carbocycles. The minimum atomic E-state index is -0.749. The molecule has 7 heteroatoms. The molecule has 2 atom stereocenters. The van der Waals surface area contributed by atoms with Crippen molar-refractivity contribution in [3.63, 3.8) is 0 Å². The van der Waals surface area contributed by atoms with Crippen molar-refractivity contribution in [3.05, 3.63) is 28.8 Å². The first-order valence-corrected chi connectivity index (χ1v) is 7.07. The van der Waals surface area contributed by atoms with Crippen molar-refractivity contribution in [2.45, 2.75) is 18.6 Å². The Kier molecular flexibility index (Phi) is 3.73. The van der Waals surface area contributed by atoms with Crippen LogP contribution in [0.25, 0.3) is 0 Å². The Bertz CT molecular complexity index is 592. The molecule has 1 fully saturated rings. The van der Waals surface area contributed by atoms with Crippen LogP contribution in [0.3, 0.4) is 0 Å². The molecule has 1 aromatic carbocycles. The molecule has 112 valence electrons. The maximum atomic E-state index is 12.5. The van der Waals surface area contributed by atoms with E-state index in [0.717, 1.165) is 5.56 Å². The van der Waals surface area contributed by atoms with Crippen molar-refractivity contribution in [2.75, 3.05) is 19.7 Å². The van der Waals surface area contributed by atoms with Gasteiger partial charge in [0, 0.05) is 18.0 Å². The third-order valence-corrected chi connectivity index (χ3v) is 3.90. The summed E-state index contributed by atoms with van der Waals surface area (Å²) in [5.41, 5.74) is 6.14. The second-order valence-electron chi connectivity index (χ2n) is 5.11. The lowest BCUT2D eigenvalue weighted by molar-refractivity contribution is -0.150. The number of nitrogens with zero attached hydrogens (tertiary/aromatic N) is 1. The van der Waals surface area contributed by atoms with Crippen LogP contribution in [-0.4, -0.2) is 48.6 Å². The first kappa shape index (κ1) is 14.2. The minimum absolute atomic E-state index is 0.156. The van der Waals surface area contributed by atoms with E-state index in [-0.39, 0.29) is 12.5 Å². The largest absolute Gasteiger partial charge is 0.480 e. The fraction of sp³-hybridized carbons (Fsp3) is 0.429. The number of ether oxygens (including phenoxy) is 2. The van der Waals surface area contributed by atoms with Crippen LogP contribution in [0, 0.1) is 0 Å². The molecule has 1 aromatic rings. The maximum absolute atomic E-state index is 12.5. The molecule has 0 aromatic heterocycles. The fourth-order valence-electron chi connectivity index (χ4n) is 2.58. The van der Waals surface area contributed by atoms with Crippen molar-refractivity contribution >= 4 is 23.4 Å². The van der Waals surface area contributed by atoms with Crippen molar-refractivity contribution in [1.29, 1.82) is 0 Å². The van der Waals surface area contributed by atoms with Crippen LogP contribution in [0.1, 0.15) is 5.56 Å². The van der Waals surface area contributed by atoms with Gasteiger partial charge in [-0.1, -0.05) is 11.6 Å². The fourth-order valence-corrected chi connectivity index (χ4v) is 2.77. The maximum Gasteiger partial charge on any atom is 0.264 e. The number of rotatable bonds is 2. The molecule has 2 unspecified atom stereocenters. The van der Waals surface area contributed by atoms with Crippen LogP contribution in [0.4, 0.5) is 0 Å². The number of benzene rings is 1. The lowest BCUT2D eigenvalue weighted by Crippen LogP contribution is -2.53. The molecule has 3 rings (SSSR count). The van der Waals surface area contributed by atoms with Gasteiger partial charge in [-0.25, -0.2) is 0 Å². The highest BCUT2D eigenvalue weighted by atomic mass is 35.5. The highest BCUT2D eigenvalue weighted by Crippen LogP contribution is 2.31. The van der Waals surface area contributed by atoms with Gasteiger partial charge in [-0.2, -0.15) is 0 Å². The Morgan fingerprint density at radius 2 is 2.14 bits per heavy atom. The van der Waals surface area contributed by atoms with E-state index in [4.69, 9.17) is 26.8 Å². The zero-order valence-electron chi connectivity index (χ0n) is 11.3. The van der Waals surface area contributed by atoms with E-state index >= 15 is 0 Å². The van der Waals surface area contributed by atoms with Gasteiger partial charge in [-0.3, -0.25) is 9.59 Å². The molecule has 2 aliphatic rings. The third-order valence-electron chi connectivity index (χ3n) is 3.67. The average Bonchev–Trinajstić information content (AvgIpc) is 2.89. The number of carbonyl (C=O) groups excluding carboxylic acids is 2. The molecule has 0 bridgehead atoms. The molecule has 6 nitrogen and oxygen atoms in total. The van der Waals surface area contributed by atoms with Crippen LogP contribution < -0.4 is 10.5 Å². The molecule has 0 aliphatic carbocycles. The number of nitrogens with two attached hydrogens (primary N) is 1. The summed E-state index contributed by atoms with van der Waals surface area (Å²) < 4.78 is 10.9. The third kappa shape index (κ3) is 2.82. The predicted octanol–water partition coefficient (Wildman–Crippen LogP) is 0.356. The summed E-state index contributed by atoms with van der Waals surface area (Å²) in [4.78, 5) is 25.2. The average molecular weight is 311 g/mol. The second kappa shape index (κ2) is 5.54. The van der Waals surface area contributed by atoms with Gasteiger partial charge in [0.05, 0.1) is 13.2 Å². The molecular weight excluding hydrogens is 296 g/mol. The van der Waals surface area contributed by atoms with E-state index in [1.807, 2.05) is 0 Å². The number of fused-ring (bicyclic) bond motifs is 1. The van der Waals surface area contributed by atoms with Crippen LogP contribution >= 0.6 is 11.6 Å². The lowest BCUT2D eigenvalue weighted by Gasteiger charge is -2.32. The summed E-state index contributed by atoms with van der Waals surface area (Å²) in [6, 6.07) is 5.29. The molecule has 2 N–H and O–H groups in total. The predicted molar refractivity (Wildman–Crippen MR) is 75.1 cm³/mol. The van der Waals surface area contributed by atoms with Crippen molar-refractivity contribution < 1.29 is 19.1 Å². The molecule has 1 saturated heterocycles. The molecule has 2 amide bonds. The Morgan fingerprint density at radius 3 is 2.90 bits per heavy atom. The molecule has 0 spiro atoms. The summed E-state index contributed by atoms with van der Waals surface area (Å²) in [7, 11) is 0. The van der Waals surface area contributed by atoms with Gasteiger partial charge in [0.2, 0.25) is 5.91 Å². The first-order valence-electron chi connectivity index (χ1n) is 6.69. The van der Waals surface area contributed by atoms with E-state index in [2.05, 4.69) is 0 Å². The Balaban J connectivity index is 1.68. The molecule has 2 aliphatic heterocycles.